The van der Waals surface area contributed by atoms with E-state index in [1.165, 1.54) is 0 Å². The fourth-order valence-electron chi connectivity index (χ4n) is 4.53. The summed E-state index contributed by atoms with van der Waals surface area (Å²) in [6, 6.07) is 2.32. The zero-order valence-corrected chi connectivity index (χ0v) is 13.1. The molecular formula is C17H19N5O2. The van der Waals surface area contributed by atoms with Gasteiger partial charge in [-0.2, -0.15) is 0 Å². The summed E-state index contributed by atoms with van der Waals surface area (Å²) in [5.74, 6) is 1.94. The molecule has 0 bridgehead atoms. The van der Waals surface area contributed by atoms with Gasteiger partial charge in [-0.15, -0.1) is 0 Å². The molecule has 4 unspecified atom stereocenters. The molecule has 2 aliphatic carbocycles. The summed E-state index contributed by atoms with van der Waals surface area (Å²) in [5, 5.41) is 13.9. The summed E-state index contributed by atoms with van der Waals surface area (Å²) in [5.41, 5.74) is 2.82. The molecule has 4 atom stereocenters. The predicted molar refractivity (Wildman–Crippen MR) is 88.4 cm³/mol. The quantitative estimate of drug-likeness (QED) is 0.484. The van der Waals surface area contributed by atoms with E-state index in [-0.39, 0.29) is 12.1 Å². The van der Waals surface area contributed by atoms with Gasteiger partial charge in [-0.25, -0.2) is 9.97 Å². The maximum atomic E-state index is 10.6. The molecule has 7 nitrogen and oxygen atoms in total. The van der Waals surface area contributed by atoms with Crippen LogP contribution in [0.1, 0.15) is 24.7 Å². The molecule has 2 saturated carbocycles. The second-order valence-corrected chi connectivity index (χ2v) is 6.90. The highest BCUT2D eigenvalue weighted by Crippen LogP contribution is 2.57. The zero-order chi connectivity index (χ0) is 16.3. The molecule has 0 spiro atoms. The Morgan fingerprint density at radius 1 is 1.46 bits per heavy atom. The minimum atomic E-state index is -0.198. The first-order chi connectivity index (χ1) is 11.8. The highest BCUT2D eigenvalue weighted by molar-refractivity contribution is 6.01. The number of fused-ring (bicyclic) bond motifs is 4. The van der Waals surface area contributed by atoms with Gasteiger partial charge >= 0.3 is 0 Å². The van der Waals surface area contributed by atoms with E-state index in [2.05, 4.69) is 19.9 Å². The monoisotopic (exact) mass is 325 g/mol. The van der Waals surface area contributed by atoms with Crippen LogP contribution in [-0.2, 0) is 11.2 Å². The van der Waals surface area contributed by atoms with E-state index < -0.39 is 0 Å². The largest absolute Gasteiger partial charge is 0.393 e. The molecule has 5 rings (SSSR count). The van der Waals surface area contributed by atoms with Crippen LogP contribution in [-0.4, -0.2) is 43.7 Å². The van der Waals surface area contributed by atoms with Crippen molar-refractivity contribution in [3.63, 3.8) is 0 Å². The Bertz CT molecular complexity index is 926. The number of hydrogen-bond donors (Lipinski definition) is 3. The third-order valence-electron chi connectivity index (χ3n) is 5.74. The van der Waals surface area contributed by atoms with Crippen molar-refractivity contribution in [2.24, 2.45) is 11.8 Å². The van der Waals surface area contributed by atoms with Gasteiger partial charge in [0, 0.05) is 36.5 Å². The number of nitrogens with zero attached hydrogens (tertiary/aromatic N) is 3. The number of carbonyl (C=O) groups excluding carboxylic acids is 1. The lowest BCUT2D eigenvalue weighted by Gasteiger charge is -2.57. The van der Waals surface area contributed by atoms with Crippen LogP contribution in [0.2, 0.25) is 0 Å². The molecule has 3 aromatic rings. The molecule has 1 amide bonds. The first-order valence-electron chi connectivity index (χ1n) is 8.46. The van der Waals surface area contributed by atoms with E-state index in [9.17, 15) is 9.90 Å². The van der Waals surface area contributed by atoms with Gasteiger partial charge in [0.2, 0.25) is 6.41 Å². The lowest BCUT2D eigenvalue weighted by Crippen LogP contribution is -2.55. The molecule has 24 heavy (non-hydrogen) atoms. The number of pyridine rings is 1. The first kappa shape index (κ1) is 14.0. The topological polar surface area (TPSA) is 95.8 Å². The Labute approximate surface area is 138 Å². The fraction of sp³-hybridized carbons (Fsp3) is 0.471. The van der Waals surface area contributed by atoms with Crippen LogP contribution in [0.25, 0.3) is 22.1 Å². The Kier molecular flexibility index (Phi) is 2.94. The van der Waals surface area contributed by atoms with Crippen molar-refractivity contribution in [3.05, 3.63) is 24.3 Å². The van der Waals surface area contributed by atoms with E-state index in [1.807, 2.05) is 12.3 Å². The van der Waals surface area contributed by atoms with E-state index in [1.54, 1.807) is 6.20 Å². The molecule has 124 valence electrons. The number of nitrogens with one attached hydrogen (secondary N) is 2. The number of rotatable bonds is 5. The summed E-state index contributed by atoms with van der Waals surface area (Å²) in [7, 11) is 0. The molecule has 3 heterocycles. The van der Waals surface area contributed by atoms with E-state index >= 15 is 0 Å². The molecule has 3 aromatic heterocycles. The van der Waals surface area contributed by atoms with E-state index in [4.69, 9.17) is 4.98 Å². The number of aromatic nitrogens is 4. The summed E-state index contributed by atoms with van der Waals surface area (Å²) in [6.07, 6.45) is 6.90. The highest BCUT2D eigenvalue weighted by atomic mass is 16.3. The molecule has 0 radical (unpaired) electrons. The lowest BCUT2D eigenvalue weighted by molar-refractivity contribution is -0.133. The van der Waals surface area contributed by atoms with Crippen molar-refractivity contribution in [1.29, 1.82) is 0 Å². The molecule has 0 aliphatic heterocycles. The van der Waals surface area contributed by atoms with Crippen molar-refractivity contribution < 1.29 is 9.90 Å². The van der Waals surface area contributed by atoms with Gasteiger partial charge in [0.05, 0.1) is 17.8 Å². The normalized spacial score (nSPS) is 28.4. The number of aliphatic hydroxyl groups is 1. The van der Waals surface area contributed by atoms with Crippen LogP contribution < -0.4 is 5.32 Å². The molecule has 0 aromatic carbocycles. The smallest absolute Gasteiger partial charge is 0.207 e. The van der Waals surface area contributed by atoms with Crippen molar-refractivity contribution >= 4 is 28.5 Å². The van der Waals surface area contributed by atoms with Crippen molar-refractivity contribution in [2.45, 2.75) is 31.4 Å². The number of hydrogen-bond acceptors (Lipinski definition) is 4. The minimum Gasteiger partial charge on any atom is -0.393 e. The number of aromatic amines is 1. The Morgan fingerprint density at radius 2 is 2.38 bits per heavy atom. The molecule has 7 heteroatoms. The average Bonchev–Trinajstić information content (AvgIpc) is 3.15. The van der Waals surface area contributed by atoms with E-state index in [0.717, 1.165) is 40.7 Å². The number of aliphatic hydroxyl groups excluding tert-OH is 1. The van der Waals surface area contributed by atoms with Crippen molar-refractivity contribution in [3.8, 4) is 0 Å². The van der Waals surface area contributed by atoms with Crippen molar-refractivity contribution in [2.75, 3.05) is 6.54 Å². The van der Waals surface area contributed by atoms with Gasteiger partial charge in [-0.1, -0.05) is 0 Å². The number of amides is 1. The number of H-pyrrole nitrogens is 1. The molecule has 2 fully saturated rings. The summed E-state index contributed by atoms with van der Waals surface area (Å²) < 4.78 is 2.29. The van der Waals surface area contributed by atoms with Crippen LogP contribution in [0.3, 0.4) is 0 Å². The van der Waals surface area contributed by atoms with Gasteiger partial charge in [-0.05, 0) is 24.8 Å². The maximum Gasteiger partial charge on any atom is 0.207 e. The van der Waals surface area contributed by atoms with Crippen LogP contribution in [0.15, 0.2) is 18.5 Å². The van der Waals surface area contributed by atoms with Crippen LogP contribution in [0, 0.1) is 11.8 Å². The molecular weight excluding hydrogens is 306 g/mol. The third-order valence-corrected chi connectivity index (χ3v) is 5.74. The summed E-state index contributed by atoms with van der Waals surface area (Å²) >= 11 is 0. The average molecular weight is 325 g/mol. The van der Waals surface area contributed by atoms with E-state index in [0.29, 0.717) is 31.2 Å². The van der Waals surface area contributed by atoms with Crippen LogP contribution in [0.4, 0.5) is 0 Å². The Morgan fingerprint density at radius 3 is 3.17 bits per heavy atom. The highest BCUT2D eigenvalue weighted by Gasteiger charge is 2.54. The Balaban J connectivity index is 1.66. The van der Waals surface area contributed by atoms with Crippen LogP contribution >= 0.6 is 0 Å². The van der Waals surface area contributed by atoms with Crippen molar-refractivity contribution in [1.82, 2.24) is 24.8 Å². The van der Waals surface area contributed by atoms with Gasteiger partial charge in [0.1, 0.15) is 17.0 Å². The summed E-state index contributed by atoms with van der Waals surface area (Å²) in [4.78, 5) is 22.9. The number of imidazole rings is 1. The van der Waals surface area contributed by atoms with Crippen LogP contribution in [0.5, 0.6) is 0 Å². The molecule has 0 saturated heterocycles. The predicted octanol–water partition coefficient (Wildman–Crippen LogP) is 1.14. The minimum absolute atomic E-state index is 0.198. The first-order valence-corrected chi connectivity index (χ1v) is 8.46. The summed E-state index contributed by atoms with van der Waals surface area (Å²) in [6.45, 7) is 0.555. The SMILES string of the molecule is O=CNCCc1nc2cnc3[nH]ccc3c2n1C1CC2CC(O)C21. The Hall–Kier alpha value is -2.41. The lowest BCUT2D eigenvalue weighted by atomic mass is 9.54. The fourth-order valence-corrected chi connectivity index (χ4v) is 4.53. The molecule has 2 aliphatic rings. The maximum absolute atomic E-state index is 10.6. The second-order valence-electron chi connectivity index (χ2n) is 6.90. The zero-order valence-electron chi connectivity index (χ0n) is 13.1. The van der Waals surface area contributed by atoms with Gasteiger partial charge < -0.3 is 20.0 Å². The number of carbonyl (C=O) groups is 1. The molecule has 3 N–H and O–H groups in total. The van der Waals surface area contributed by atoms with Gasteiger partial charge in [0.25, 0.3) is 0 Å². The van der Waals surface area contributed by atoms with Gasteiger partial charge in [-0.3, -0.25) is 4.79 Å². The third kappa shape index (κ3) is 1.78. The standard InChI is InChI=1S/C17H19N5O2/c23-8-18-3-2-14-21-11-7-20-17-10(1-4-19-17)16(11)22(14)12-5-9-6-13(24)15(9)12/h1,4,7-9,12-13,15,24H,2-3,5-6H2,(H,18,23)(H,19,20). The second kappa shape index (κ2) is 5.04. The van der Waals surface area contributed by atoms with Gasteiger partial charge in [0.15, 0.2) is 0 Å².